The largest absolute Gasteiger partial charge is 0.477 e. The van der Waals surface area contributed by atoms with Crippen LogP contribution in [0.15, 0.2) is 29.8 Å². The van der Waals surface area contributed by atoms with E-state index in [1.165, 1.54) is 5.51 Å². The SMILES string of the molecule is O=C(O)c1scnc1-c1ccccc1Cl. The van der Waals surface area contributed by atoms with Gasteiger partial charge in [0, 0.05) is 5.56 Å². The third kappa shape index (κ3) is 1.86. The van der Waals surface area contributed by atoms with Crippen LogP contribution in [-0.2, 0) is 0 Å². The Morgan fingerprint density at radius 2 is 2.13 bits per heavy atom. The third-order valence-corrected chi connectivity index (χ3v) is 3.03. The number of carbonyl (C=O) groups is 1. The summed E-state index contributed by atoms with van der Waals surface area (Å²) >= 11 is 7.06. The van der Waals surface area contributed by atoms with Crippen LogP contribution in [0, 0.1) is 0 Å². The van der Waals surface area contributed by atoms with Crippen molar-refractivity contribution in [2.45, 2.75) is 0 Å². The molecule has 0 spiro atoms. The maximum absolute atomic E-state index is 10.9. The van der Waals surface area contributed by atoms with Gasteiger partial charge in [-0.3, -0.25) is 0 Å². The fraction of sp³-hybridized carbons (Fsp3) is 0. The standard InChI is InChI=1S/C10H6ClNO2S/c11-7-4-2-1-3-6(7)8-9(10(13)14)15-5-12-8/h1-5H,(H,13,14). The number of thiazole rings is 1. The highest BCUT2D eigenvalue weighted by molar-refractivity contribution is 7.12. The maximum Gasteiger partial charge on any atom is 0.348 e. The van der Waals surface area contributed by atoms with Crippen molar-refractivity contribution >= 4 is 28.9 Å². The van der Waals surface area contributed by atoms with Crippen LogP contribution in [0.2, 0.25) is 5.02 Å². The molecule has 0 unspecified atom stereocenters. The molecule has 0 aliphatic rings. The van der Waals surface area contributed by atoms with Gasteiger partial charge >= 0.3 is 5.97 Å². The lowest BCUT2D eigenvalue weighted by Gasteiger charge is -2.01. The molecule has 1 aromatic heterocycles. The Labute approximate surface area is 95.0 Å². The number of carboxylic acids is 1. The third-order valence-electron chi connectivity index (χ3n) is 1.89. The summed E-state index contributed by atoms with van der Waals surface area (Å²) in [5.41, 5.74) is 2.58. The molecule has 2 aromatic rings. The number of hydrogen-bond donors (Lipinski definition) is 1. The molecule has 0 saturated heterocycles. The van der Waals surface area contributed by atoms with Crippen LogP contribution in [0.5, 0.6) is 0 Å². The van der Waals surface area contributed by atoms with Crippen molar-refractivity contribution in [3.63, 3.8) is 0 Å². The molecule has 1 N–H and O–H groups in total. The van der Waals surface area contributed by atoms with Gasteiger partial charge in [-0.1, -0.05) is 29.8 Å². The van der Waals surface area contributed by atoms with E-state index in [9.17, 15) is 4.79 Å². The topological polar surface area (TPSA) is 50.2 Å². The van der Waals surface area contributed by atoms with E-state index in [0.29, 0.717) is 16.3 Å². The highest BCUT2D eigenvalue weighted by Crippen LogP contribution is 2.30. The van der Waals surface area contributed by atoms with Crippen LogP contribution in [0.25, 0.3) is 11.3 Å². The summed E-state index contributed by atoms with van der Waals surface area (Å²) in [6, 6.07) is 7.05. The van der Waals surface area contributed by atoms with Crippen LogP contribution in [0.1, 0.15) is 9.67 Å². The van der Waals surface area contributed by atoms with E-state index < -0.39 is 5.97 Å². The molecule has 0 bridgehead atoms. The van der Waals surface area contributed by atoms with Gasteiger partial charge in [0.05, 0.1) is 16.2 Å². The van der Waals surface area contributed by atoms with E-state index >= 15 is 0 Å². The Morgan fingerprint density at radius 1 is 1.40 bits per heavy atom. The number of nitrogens with zero attached hydrogens (tertiary/aromatic N) is 1. The molecular formula is C10H6ClNO2S. The van der Waals surface area contributed by atoms with Crippen molar-refractivity contribution in [3.8, 4) is 11.3 Å². The molecule has 15 heavy (non-hydrogen) atoms. The smallest absolute Gasteiger partial charge is 0.348 e. The monoisotopic (exact) mass is 239 g/mol. The van der Waals surface area contributed by atoms with Crippen LogP contribution in [0.4, 0.5) is 0 Å². The van der Waals surface area contributed by atoms with Gasteiger partial charge in [-0.2, -0.15) is 0 Å². The summed E-state index contributed by atoms with van der Waals surface area (Å²) in [4.78, 5) is 15.1. The first-order valence-electron chi connectivity index (χ1n) is 4.12. The summed E-state index contributed by atoms with van der Waals surface area (Å²) in [6.45, 7) is 0. The van der Waals surface area contributed by atoms with E-state index in [2.05, 4.69) is 4.98 Å². The van der Waals surface area contributed by atoms with Crippen molar-refractivity contribution < 1.29 is 9.90 Å². The molecule has 0 aliphatic carbocycles. The van der Waals surface area contributed by atoms with E-state index in [0.717, 1.165) is 11.3 Å². The number of carboxylic acid groups (broad SMARTS) is 1. The van der Waals surface area contributed by atoms with Crippen molar-refractivity contribution in [2.24, 2.45) is 0 Å². The minimum Gasteiger partial charge on any atom is -0.477 e. The lowest BCUT2D eigenvalue weighted by molar-refractivity contribution is 0.0702. The van der Waals surface area contributed by atoms with Gasteiger partial charge < -0.3 is 5.11 Å². The minimum absolute atomic E-state index is 0.211. The molecule has 0 saturated carbocycles. The molecule has 76 valence electrons. The summed E-state index contributed by atoms with van der Waals surface area (Å²) in [6.07, 6.45) is 0. The average molecular weight is 240 g/mol. The van der Waals surface area contributed by atoms with Gasteiger partial charge in [0.2, 0.25) is 0 Å². The quantitative estimate of drug-likeness (QED) is 0.876. The Balaban J connectivity index is 2.59. The summed E-state index contributed by atoms with van der Waals surface area (Å²) in [7, 11) is 0. The lowest BCUT2D eigenvalue weighted by atomic mass is 10.1. The molecular weight excluding hydrogens is 234 g/mol. The molecule has 0 radical (unpaired) electrons. The van der Waals surface area contributed by atoms with Crippen molar-refractivity contribution in [2.75, 3.05) is 0 Å². The molecule has 2 rings (SSSR count). The zero-order valence-corrected chi connectivity index (χ0v) is 9.05. The van der Waals surface area contributed by atoms with E-state index in [1.807, 2.05) is 0 Å². The maximum atomic E-state index is 10.9. The Hall–Kier alpha value is -1.39. The molecule has 0 fully saturated rings. The van der Waals surface area contributed by atoms with Crippen LogP contribution >= 0.6 is 22.9 Å². The molecule has 0 amide bonds. The Kier molecular flexibility index (Phi) is 2.70. The first-order chi connectivity index (χ1) is 7.20. The molecule has 1 heterocycles. The van der Waals surface area contributed by atoms with Crippen LogP contribution < -0.4 is 0 Å². The molecule has 1 aromatic carbocycles. The van der Waals surface area contributed by atoms with Gasteiger partial charge in [0.1, 0.15) is 4.88 Å². The zero-order valence-electron chi connectivity index (χ0n) is 7.48. The number of halogens is 1. The van der Waals surface area contributed by atoms with Crippen LogP contribution in [0.3, 0.4) is 0 Å². The fourth-order valence-electron chi connectivity index (χ4n) is 1.24. The lowest BCUT2D eigenvalue weighted by Crippen LogP contribution is -1.95. The molecule has 5 heteroatoms. The highest BCUT2D eigenvalue weighted by Gasteiger charge is 2.16. The van der Waals surface area contributed by atoms with Gasteiger partial charge in [-0.25, -0.2) is 9.78 Å². The average Bonchev–Trinajstić information content (AvgIpc) is 2.67. The number of benzene rings is 1. The van der Waals surface area contributed by atoms with E-state index in [4.69, 9.17) is 16.7 Å². The fourth-order valence-corrected chi connectivity index (χ4v) is 2.11. The zero-order chi connectivity index (χ0) is 10.8. The Morgan fingerprint density at radius 3 is 2.80 bits per heavy atom. The normalized spacial score (nSPS) is 10.2. The van der Waals surface area contributed by atoms with Crippen molar-refractivity contribution in [1.29, 1.82) is 0 Å². The Bertz CT molecular complexity index is 510. The first-order valence-corrected chi connectivity index (χ1v) is 5.37. The number of hydrogen-bond acceptors (Lipinski definition) is 3. The predicted molar refractivity (Wildman–Crippen MR) is 59.5 cm³/mol. The first kappa shape index (κ1) is 10.1. The molecule has 0 aliphatic heterocycles. The van der Waals surface area contributed by atoms with Crippen molar-refractivity contribution in [3.05, 3.63) is 39.7 Å². The minimum atomic E-state index is -0.979. The van der Waals surface area contributed by atoms with Gasteiger partial charge in [0.25, 0.3) is 0 Å². The predicted octanol–water partition coefficient (Wildman–Crippen LogP) is 3.16. The van der Waals surface area contributed by atoms with Crippen LogP contribution in [-0.4, -0.2) is 16.1 Å². The summed E-state index contributed by atoms with van der Waals surface area (Å²) < 4.78 is 0. The second-order valence-corrected chi connectivity index (χ2v) is 4.08. The van der Waals surface area contributed by atoms with E-state index in [-0.39, 0.29) is 4.88 Å². The molecule has 3 nitrogen and oxygen atoms in total. The number of rotatable bonds is 2. The second kappa shape index (κ2) is 4.00. The summed E-state index contributed by atoms with van der Waals surface area (Å²) in [5, 5.41) is 9.44. The number of aromatic carboxylic acids is 1. The van der Waals surface area contributed by atoms with Gasteiger partial charge in [-0.05, 0) is 6.07 Å². The highest BCUT2D eigenvalue weighted by atomic mass is 35.5. The van der Waals surface area contributed by atoms with E-state index in [1.54, 1.807) is 24.3 Å². The van der Waals surface area contributed by atoms with Gasteiger partial charge in [-0.15, -0.1) is 11.3 Å². The number of aromatic nitrogens is 1. The second-order valence-electron chi connectivity index (χ2n) is 2.82. The molecule has 0 atom stereocenters. The van der Waals surface area contributed by atoms with Crippen molar-refractivity contribution in [1.82, 2.24) is 4.98 Å². The summed E-state index contributed by atoms with van der Waals surface area (Å²) in [5.74, 6) is -0.979. The van der Waals surface area contributed by atoms with Gasteiger partial charge in [0.15, 0.2) is 0 Å².